The SMILES string of the molecule is Cc1ccc(C(=O)N2CC3(C[C@H](OCC4CC4)CS3)C2)cn1. The van der Waals surface area contributed by atoms with E-state index in [0.717, 1.165) is 43.5 Å². The Morgan fingerprint density at radius 1 is 1.45 bits per heavy atom. The third kappa shape index (κ3) is 2.88. The highest BCUT2D eigenvalue weighted by molar-refractivity contribution is 8.01. The van der Waals surface area contributed by atoms with Gasteiger partial charge in [-0.15, -0.1) is 11.8 Å². The van der Waals surface area contributed by atoms with Crippen LogP contribution in [-0.4, -0.2) is 52.1 Å². The predicted octanol–water partition coefficient (Wildman–Crippen LogP) is 2.52. The number of thioether (sulfide) groups is 1. The van der Waals surface area contributed by atoms with E-state index in [1.54, 1.807) is 6.20 Å². The van der Waals surface area contributed by atoms with Crippen molar-refractivity contribution in [3.8, 4) is 0 Å². The molecular weight excluding hydrogens is 296 g/mol. The molecule has 1 aromatic rings. The van der Waals surface area contributed by atoms with Crippen LogP contribution < -0.4 is 0 Å². The van der Waals surface area contributed by atoms with Crippen LogP contribution in [0.15, 0.2) is 18.3 Å². The Hall–Kier alpha value is -1.07. The molecule has 1 spiro atoms. The monoisotopic (exact) mass is 318 g/mol. The van der Waals surface area contributed by atoms with Gasteiger partial charge in [0.05, 0.1) is 16.4 Å². The van der Waals surface area contributed by atoms with Gasteiger partial charge in [-0.3, -0.25) is 9.78 Å². The number of likely N-dealkylation sites (tertiary alicyclic amines) is 1. The summed E-state index contributed by atoms with van der Waals surface area (Å²) in [5.41, 5.74) is 1.64. The molecule has 118 valence electrons. The minimum Gasteiger partial charge on any atom is -0.377 e. The Morgan fingerprint density at radius 3 is 2.95 bits per heavy atom. The lowest BCUT2D eigenvalue weighted by Gasteiger charge is -2.47. The Bertz CT molecular complexity index is 565. The van der Waals surface area contributed by atoms with Gasteiger partial charge < -0.3 is 9.64 Å². The molecule has 0 bridgehead atoms. The van der Waals surface area contributed by atoms with Crippen molar-refractivity contribution in [2.45, 2.75) is 37.0 Å². The van der Waals surface area contributed by atoms with Crippen molar-refractivity contribution in [3.05, 3.63) is 29.6 Å². The van der Waals surface area contributed by atoms with Crippen LogP contribution in [0.1, 0.15) is 35.3 Å². The minimum atomic E-state index is 0.112. The number of aryl methyl sites for hydroxylation is 1. The van der Waals surface area contributed by atoms with Crippen molar-refractivity contribution in [1.82, 2.24) is 9.88 Å². The molecule has 5 heteroatoms. The summed E-state index contributed by atoms with van der Waals surface area (Å²) in [6.45, 7) is 4.59. The van der Waals surface area contributed by atoms with E-state index in [0.29, 0.717) is 11.7 Å². The molecule has 0 aromatic carbocycles. The number of nitrogens with zero attached hydrogens (tertiary/aromatic N) is 2. The summed E-state index contributed by atoms with van der Waals surface area (Å²) >= 11 is 2.00. The lowest BCUT2D eigenvalue weighted by Crippen LogP contribution is -2.60. The van der Waals surface area contributed by atoms with Gasteiger partial charge in [-0.05, 0) is 44.2 Å². The Kier molecular flexibility index (Phi) is 3.65. The molecule has 2 aliphatic heterocycles. The Morgan fingerprint density at radius 2 is 2.27 bits per heavy atom. The molecule has 3 heterocycles. The molecule has 1 amide bonds. The van der Waals surface area contributed by atoms with E-state index in [9.17, 15) is 4.79 Å². The fraction of sp³-hybridized carbons (Fsp3) is 0.647. The third-order valence-electron chi connectivity index (χ3n) is 4.84. The molecule has 1 aliphatic carbocycles. The quantitative estimate of drug-likeness (QED) is 0.855. The second kappa shape index (κ2) is 5.53. The van der Waals surface area contributed by atoms with Crippen LogP contribution in [0.4, 0.5) is 0 Å². The maximum absolute atomic E-state index is 12.4. The van der Waals surface area contributed by atoms with Crippen LogP contribution in [0.5, 0.6) is 0 Å². The summed E-state index contributed by atoms with van der Waals surface area (Å²) in [6, 6.07) is 3.77. The molecule has 4 rings (SSSR count). The van der Waals surface area contributed by atoms with E-state index < -0.39 is 0 Å². The first-order chi connectivity index (χ1) is 10.6. The summed E-state index contributed by atoms with van der Waals surface area (Å²) < 4.78 is 6.27. The molecular formula is C17H22N2O2S. The van der Waals surface area contributed by atoms with E-state index >= 15 is 0 Å². The van der Waals surface area contributed by atoms with Gasteiger partial charge in [-0.2, -0.15) is 0 Å². The number of ether oxygens (including phenoxy) is 1. The molecule has 1 atom stereocenters. The van der Waals surface area contributed by atoms with Crippen molar-refractivity contribution in [2.75, 3.05) is 25.4 Å². The Labute approximate surface area is 135 Å². The maximum Gasteiger partial charge on any atom is 0.255 e. The largest absolute Gasteiger partial charge is 0.377 e. The van der Waals surface area contributed by atoms with Gasteiger partial charge in [0.2, 0.25) is 0 Å². The van der Waals surface area contributed by atoms with Gasteiger partial charge >= 0.3 is 0 Å². The summed E-state index contributed by atoms with van der Waals surface area (Å²) in [5.74, 6) is 2.03. The zero-order valence-electron chi connectivity index (χ0n) is 13.0. The third-order valence-corrected chi connectivity index (χ3v) is 6.42. The van der Waals surface area contributed by atoms with Crippen molar-refractivity contribution in [1.29, 1.82) is 0 Å². The first-order valence-corrected chi connectivity index (χ1v) is 9.10. The van der Waals surface area contributed by atoms with Crippen molar-refractivity contribution in [2.24, 2.45) is 5.92 Å². The van der Waals surface area contributed by atoms with Crippen LogP contribution in [0.3, 0.4) is 0 Å². The summed E-state index contributed by atoms with van der Waals surface area (Å²) in [5, 5.41) is 0. The van der Waals surface area contributed by atoms with Crippen molar-refractivity contribution in [3.63, 3.8) is 0 Å². The number of aromatic nitrogens is 1. The second-order valence-corrected chi connectivity index (χ2v) is 8.43. The summed E-state index contributed by atoms with van der Waals surface area (Å²) in [4.78, 5) is 18.6. The van der Waals surface area contributed by atoms with Crippen molar-refractivity contribution < 1.29 is 9.53 Å². The number of hydrogen-bond acceptors (Lipinski definition) is 4. The van der Waals surface area contributed by atoms with Gasteiger partial charge in [0.1, 0.15) is 0 Å². The number of rotatable bonds is 4. The van der Waals surface area contributed by atoms with E-state index in [4.69, 9.17) is 4.74 Å². The zero-order valence-corrected chi connectivity index (χ0v) is 13.8. The normalized spacial score (nSPS) is 26.2. The maximum atomic E-state index is 12.4. The smallest absolute Gasteiger partial charge is 0.255 e. The summed E-state index contributed by atoms with van der Waals surface area (Å²) in [7, 11) is 0. The predicted molar refractivity (Wildman–Crippen MR) is 87.1 cm³/mol. The van der Waals surface area contributed by atoms with Gasteiger partial charge in [-0.1, -0.05) is 0 Å². The molecule has 2 saturated heterocycles. The minimum absolute atomic E-state index is 0.112. The molecule has 0 radical (unpaired) electrons. The lowest BCUT2D eigenvalue weighted by molar-refractivity contribution is 0.0286. The van der Waals surface area contributed by atoms with Gasteiger partial charge in [0, 0.05) is 37.3 Å². The molecule has 1 aromatic heterocycles. The number of pyridine rings is 1. The van der Waals surface area contributed by atoms with Gasteiger partial charge in [-0.25, -0.2) is 0 Å². The van der Waals surface area contributed by atoms with Crippen molar-refractivity contribution >= 4 is 17.7 Å². The lowest BCUT2D eigenvalue weighted by atomic mass is 9.92. The number of amides is 1. The van der Waals surface area contributed by atoms with E-state index in [2.05, 4.69) is 4.98 Å². The topological polar surface area (TPSA) is 42.4 Å². The molecule has 4 nitrogen and oxygen atoms in total. The van der Waals surface area contributed by atoms with Gasteiger partial charge in [0.25, 0.3) is 5.91 Å². The van der Waals surface area contributed by atoms with Crippen LogP contribution in [0.2, 0.25) is 0 Å². The highest BCUT2D eigenvalue weighted by Gasteiger charge is 2.51. The van der Waals surface area contributed by atoms with Crippen LogP contribution in [0.25, 0.3) is 0 Å². The van der Waals surface area contributed by atoms with E-state index in [-0.39, 0.29) is 10.7 Å². The first-order valence-electron chi connectivity index (χ1n) is 8.11. The molecule has 3 fully saturated rings. The molecule has 1 saturated carbocycles. The second-order valence-electron chi connectivity index (χ2n) is 6.95. The average Bonchev–Trinajstić information content (AvgIpc) is 3.21. The number of carbonyl (C=O) groups is 1. The fourth-order valence-corrected chi connectivity index (χ4v) is 4.81. The highest BCUT2D eigenvalue weighted by atomic mass is 32.2. The average molecular weight is 318 g/mol. The molecule has 22 heavy (non-hydrogen) atoms. The molecule has 0 N–H and O–H groups in total. The summed E-state index contributed by atoms with van der Waals surface area (Å²) in [6.07, 6.45) is 5.87. The fourth-order valence-electron chi connectivity index (χ4n) is 3.26. The molecule has 0 unspecified atom stereocenters. The standard InChI is InChI=1S/C17H22N2O2S/c1-12-2-5-14(7-18-12)16(20)19-10-17(11-19)6-15(9-22-17)21-8-13-3-4-13/h2,5,7,13,15H,3-4,6,8-11H2,1H3/t15-/m0/s1. The highest BCUT2D eigenvalue weighted by Crippen LogP contribution is 2.46. The number of hydrogen-bond donors (Lipinski definition) is 0. The zero-order chi connectivity index (χ0) is 15.2. The van der Waals surface area contributed by atoms with Gasteiger partial charge in [0.15, 0.2) is 0 Å². The van der Waals surface area contributed by atoms with E-state index in [1.165, 1.54) is 12.8 Å². The number of carbonyl (C=O) groups excluding carboxylic acids is 1. The van der Waals surface area contributed by atoms with Crippen LogP contribution in [0, 0.1) is 12.8 Å². The van der Waals surface area contributed by atoms with Crippen LogP contribution in [-0.2, 0) is 4.74 Å². The van der Waals surface area contributed by atoms with Crippen LogP contribution >= 0.6 is 11.8 Å². The Balaban J connectivity index is 1.29. The first kappa shape index (κ1) is 14.5. The van der Waals surface area contributed by atoms with E-state index in [1.807, 2.05) is 35.7 Å². The molecule has 3 aliphatic rings.